The van der Waals surface area contributed by atoms with E-state index < -0.39 is 0 Å². The van der Waals surface area contributed by atoms with Gasteiger partial charge in [-0.15, -0.1) is 0 Å². The highest BCUT2D eigenvalue weighted by Gasteiger charge is 2.14. The molecule has 0 spiro atoms. The van der Waals surface area contributed by atoms with Crippen molar-refractivity contribution in [2.75, 3.05) is 37.0 Å². The molecule has 0 amide bonds. The minimum atomic E-state index is -0.189. The van der Waals surface area contributed by atoms with Crippen molar-refractivity contribution in [3.05, 3.63) is 77.2 Å². The number of aromatic nitrogens is 4. The van der Waals surface area contributed by atoms with Gasteiger partial charge in [-0.25, -0.2) is 4.68 Å². The number of rotatable bonds is 6. The molecule has 0 atom stereocenters. The van der Waals surface area contributed by atoms with Crippen LogP contribution in [0.15, 0.2) is 71.7 Å². The van der Waals surface area contributed by atoms with Crippen LogP contribution in [-0.4, -0.2) is 46.9 Å². The Balaban J connectivity index is 1.59. The SMILES string of the molecule is CN(CCN(C)c1nc2c(cnn2-c2ccccc2)c(=O)[nH]1)c1ccccc1. The Bertz CT molecular complexity index is 1120. The molecule has 0 radical (unpaired) electrons. The number of nitrogens with zero attached hydrogens (tertiary/aromatic N) is 5. The first-order valence-electron chi connectivity index (χ1n) is 9.14. The van der Waals surface area contributed by atoms with Crippen LogP contribution in [0, 0.1) is 0 Å². The second-order valence-corrected chi connectivity index (χ2v) is 6.70. The van der Waals surface area contributed by atoms with Crippen LogP contribution in [0.5, 0.6) is 0 Å². The van der Waals surface area contributed by atoms with E-state index in [0.717, 1.165) is 17.9 Å². The monoisotopic (exact) mass is 374 g/mol. The quantitative estimate of drug-likeness (QED) is 0.562. The van der Waals surface area contributed by atoms with E-state index in [-0.39, 0.29) is 5.56 Å². The predicted molar refractivity (Wildman–Crippen MR) is 112 cm³/mol. The Hall–Kier alpha value is -3.61. The van der Waals surface area contributed by atoms with Crippen molar-refractivity contribution >= 4 is 22.7 Å². The van der Waals surface area contributed by atoms with Gasteiger partial charge in [-0.05, 0) is 24.3 Å². The molecule has 0 saturated carbocycles. The Kier molecular flexibility index (Phi) is 4.80. The van der Waals surface area contributed by atoms with Crippen molar-refractivity contribution < 1.29 is 0 Å². The van der Waals surface area contributed by atoms with Gasteiger partial charge in [0.2, 0.25) is 5.95 Å². The lowest BCUT2D eigenvalue weighted by atomic mass is 10.3. The van der Waals surface area contributed by atoms with Gasteiger partial charge >= 0.3 is 0 Å². The first kappa shape index (κ1) is 17.8. The predicted octanol–water partition coefficient (Wildman–Crippen LogP) is 2.68. The van der Waals surface area contributed by atoms with Gasteiger partial charge in [0.25, 0.3) is 5.56 Å². The highest BCUT2D eigenvalue weighted by molar-refractivity contribution is 5.76. The molecule has 0 fully saturated rings. The average molecular weight is 374 g/mol. The van der Waals surface area contributed by atoms with Gasteiger partial charge in [-0.1, -0.05) is 36.4 Å². The third-order valence-electron chi connectivity index (χ3n) is 4.76. The summed E-state index contributed by atoms with van der Waals surface area (Å²) >= 11 is 0. The zero-order chi connectivity index (χ0) is 19.5. The summed E-state index contributed by atoms with van der Waals surface area (Å²) in [6.45, 7) is 1.50. The zero-order valence-corrected chi connectivity index (χ0v) is 15.9. The van der Waals surface area contributed by atoms with E-state index in [1.165, 1.54) is 0 Å². The van der Waals surface area contributed by atoms with Crippen LogP contribution in [0.2, 0.25) is 0 Å². The fourth-order valence-corrected chi connectivity index (χ4v) is 3.06. The third kappa shape index (κ3) is 3.46. The molecule has 0 saturated heterocycles. The van der Waals surface area contributed by atoms with Gasteiger partial charge < -0.3 is 9.80 Å². The molecular weight excluding hydrogens is 352 g/mol. The summed E-state index contributed by atoms with van der Waals surface area (Å²) < 4.78 is 1.69. The lowest BCUT2D eigenvalue weighted by molar-refractivity contribution is 0.805. The normalized spacial score (nSPS) is 10.9. The van der Waals surface area contributed by atoms with Gasteiger partial charge in [-0.3, -0.25) is 9.78 Å². The van der Waals surface area contributed by atoms with Crippen molar-refractivity contribution in [2.24, 2.45) is 0 Å². The van der Waals surface area contributed by atoms with E-state index in [2.05, 4.69) is 32.1 Å². The Morgan fingerprint density at radius 2 is 1.57 bits per heavy atom. The number of nitrogens with one attached hydrogen (secondary N) is 1. The Morgan fingerprint density at radius 3 is 2.29 bits per heavy atom. The molecule has 142 valence electrons. The summed E-state index contributed by atoms with van der Waals surface area (Å²) in [4.78, 5) is 24.2. The van der Waals surface area contributed by atoms with E-state index in [1.54, 1.807) is 10.9 Å². The molecule has 4 rings (SSSR count). The molecule has 4 aromatic rings. The number of likely N-dealkylation sites (N-methyl/N-ethyl adjacent to an activating group) is 2. The number of fused-ring (bicyclic) bond motifs is 1. The van der Waals surface area contributed by atoms with Gasteiger partial charge in [-0.2, -0.15) is 10.1 Å². The standard InChI is InChI=1S/C21H22N6O/c1-25(16-9-5-3-6-10-16)13-14-26(2)21-23-19-18(20(28)24-21)15-22-27(19)17-11-7-4-8-12-17/h3-12,15H,13-14H2,1-2H3,(H,23,24,28). The summed E-state index contributed by atoms with van der Waals surface area (Å²) in [5, 5.41) is 4.82. The average Bonchev–Trinajstić information content (AvgIpc) is 3.17. The number of hydrogen-bond acceptors (Lipinski definition) is 5. The van der Waals surface area contributed by atoms with Crippen LogP contribution in [-0.2, 0) is 0 Å². The minimum Gasteiger partial charge on any atom is -0.373 e. The first-order valence-corrected chi connectivity index (χ1v) is 9.14. The second kappa shape index (κ2) is 7.56. The summed E-state index contributed by atoms with van der Waals surface area (Å²) in [6.07, 6.45) is 1.56. The Labute approximate surface area is 162 Å². The maximum absolute atomic E-state index is 12.5. The van der Waals surface area contributed by atoms with Crippen LogP contribution < -0.4 is 15.4 Å². The van der Waals surface area contributed by atoms with Gasteiger partial charge in [0.05, 0.1) is 11.9 Å². The molecule has 1 N–H and O–H groups in total. The molecule has 2 aromatic heterocycles. The van der Waals surface area contributed by atoms with Crippen LogP contribution in [0.4, 0.5) is 11.6 Å². The summed E-state index contributed by atoms with van der Waals surface area (Å²) in [7, 11) is 3.97. The fraction of sp³-hybridized carbons (Fsp3) is 0.190. The zero-order valence-electron chi connectivity index (χ0n) is 15.9. The summed E-state index contributed by atoms with van der Waals surface area (Å²) in [5.41, 5.74) is 2.38. The van der Waals surface area contributed by atoms with Crippen LogP contribution in [0.25, 0.3) is 16.7 Å². The minimum absolute atomic E-state index is 0.189. The van der Waals surface area contributed by atoms with E-state index >= 15 is 0 Å². The number of hydrogen-bond donors (Lipinski definition) is 1. The van der Waals surface area contributed by atoms with E-state index in [1.807, 2.05) is 67.5 Å². The van der Waals surface area contributed by atoms with Gasteiger partial charge in [0, 0.05) is 32.9 Å². The second-order valence-electron chi connectivity index (χ2n) is 6.70. The lowest BCUT2D eigenvalue weighted by Crippen LogP contribution is -2.32. The van der Waals surface area contributed by atoms with Crippen molar-refractivity contribution in [1.29, 1.82) is 0 Å². The number of benzene rings is 2. The van der Waals surface area contributed by atoms with Crippen molar-refractivity contribution in [2.45, 2.75) is 0 Å². The largest absolute Gasteiger partial charge is 0.373 e. The van der Waals surface area contributed by atoms with Crippen LogP contribution >= 0.6 is 0 Å². The van der Waals surface area contributed by atoms with Crippen LogP contribution in [0.3, 0.4) is 0 Å². The molecular formula is C21H22N6O. The smallest absolute Gasteiger partial charge is 0.263 e. The number of para-hydroxylation sites is 2. The first-order chi connectivity index (χ1) is 13.6. The molecule has 0 aliphatic rings. The highest BCUT2D eigenvalue weighted by Crippen LogP contribution is 2.16. The lowest BCUT2D eigenvalue weighted by Gasteiger charge is -2.24. The maximum Gasteiger partial charge on any atom is 0.263 e. The molecule has 2 heterocycles. The van der Waals surface area contributed by atoms with Crippen molar-refractivity contribution in [3.8, 4) is 5.69 Å². The highest BCUT2D eigenvalue weighted by atomic mass is 16.1. The maximum atomic E-state index is 12.5. The molecule has 7 nitrogen and oxygen atoms in total. The molecule has 0 unspecified atom stereocenters. The molecule has 2 aromatic carbocycles. The molecule has 7 heteroatoms. The van der Waals surface area contributed by atoms with E-state index in [4.69, 9.17) is 0 Å². The topological polar surface area (TPSA) is 70.1 Å². The van der Waals surface area contributed by atoms with Crippen molar-refractivity contribution in [1.82, 2.24) is 19.7 Å². The summed E-state index contributed by atoms with van der Waals surface area (Å²) in [5.74, 6) is 0.525. The summed E-state index contributed by atoms with van der Waals surface area (Å²) in [6, 6.07) is 19.9. The molecule has 28 heavy (non-hydrogen) atoms. The third-order valence-corrected chi connectivity index (χ3v) is 4.76. The van der Waals surface area contributed by atoms with Crippen LogP contribution in [0.1, 0.15) is 0 Å². The molecule has 0 bridgehead atoms. The van der Waals surface area contributed by atoms with Gasteiger partial charge in [0.15, 0.2) is 5.65 Å². The van der Waals surface area contributed by atoms with E-state index in [9.17, 15) is 4.79 Å². The number of aromatic amines is 1. The Morgan fingerprint density at radius 1 is 0.929 bits per heavy atom. The van der Waals surface area contributed by atoms with Crippen molar-refractivity contribution in [3.63, 3.8) is 0 Å². The molecule has 0 aliphatic carbocycles. The molecule has 0 aliphatic heterocycles. The fourth-order valence-electron chi connectivity index (χ4n) is 3.06. The van der Waals surface area contributed by atoms with Gasteiger partial charge in [0.1, 0.15) is 5.39 Å². The number of H-pyrrole nitrogens is 1. The van der Waals surface area contributed by atoms with E-state index in [0.29, 0.717) is 23.5 Å². The number of anilines is 2.